The maximum atomic E-state index is 13.6. The van der Waals surface area contributed by atoms with Gasteiger partial charge in [0.05, 0.1) is 15.6 Å². The van der Waals surface area contributed by atoms with Crippen molar-refractivity contribution >= 4 is 61.3 Å². The summed E-state index contributed by atoms with van der Waals surface area (Å²) in [6.07, 6.45) is -1.53. The van der Waals surface area contributed by atoms with Crippen molar-refractivity contribution in [3.8, 4) is 0 Å². The zero-order valence-electron chi connectivity index (χ0n) is 13.6. The first-order valence-electron chi connectivity index (χ1n) is 7.60. The predicted molar refractivity (Wildman–Crippen MR) is 104 cm³/mol. The minimum atomic E-state index is -4.90. The van der Waals surface area contributed by atoms with E-state index in [-0.39, 0.29) is 5.56 Å². The summed E-state index contributed by atoms with van der Waals surface area (Å²) in [7, 11) is 0. The minimum Gasteiger partial charge on any atom is -0.289 e. The molecule has 0 radical (unpaired) electrons. The molecule has 0 spiro atoms. The molecule has 0 aliphatic rings. The van der Waals surface area contributed by atoms with E-state index in [2.05, 4.69) is 20.9 Å². The smallest absolute Gasteiger partial charge is 0.289 e. The number of benzene rings is 2. The number of hydrogen-bond donors (Lipinski definition) is 0. The number of halogens is 7. The highest BCUT2D eigenvalue weighted by atomic mass is 79.9. The van der Waals surface area contributed by atoms with Crippen LogP contribution in [0, 0.1) is 5.82 Å². The molecule has 28 heavy (non-hydrogen) atoms. The Morgan fingerprint density at radius 2 is 1.71 bits per heavy atom. The molecule has 0 saturated heterocycles. The number of aromatic nitrogens is 1. The number of rotatable bonds is 3. The molecular formula is C19H8BrCl2F4NO. The van der Waals surface area contributed by atoms with Crippen molar-refractivity contribution in [2.45, 2.75) is 6.18 Å². The van der Waals surface area contributed by atoms with E-state index in [1.54, 1.807) is 6.07 Å². The van der Waals surface area contributed by atoms with Crippen LogP contribution < -0.4 is 0 Å². The number of allylic oxidation sites excluding steroid dienone is 2. The van der Waals surface area contributed by atoms with Crippen molar-refractivity contribution in [3.05, 3.63) is 80.3 Å². The maximum Gasteiger partial charge on any atom is 0.417 e. The summed E-state index contributed by atoms with van der Waals surface area (Å²) >= 11 is 14.5. The van der Waals surface area contributed by atoms with Crippen molar-refractivity contribution in [1.29, 1.82) is 0 Å². The molecule has 0 aliphatic heterocycles. The third-order valence-corrected chi connectivity index (χ3v) is 5.15. The average molecular weight is 493 g/mol. The summed E-state index contributed by atoms with van der Waals surface area (Å²) in [6, 6.07) is 6.03. The molecule has 0 aliphatic carbocycles. The zero-order chi connectivity index (χ0) is 20.6. The molecule has 0 saturated carbocycles. The van der Waals surface area contributed by atoms with Crippen LogP contribution in [-0.2, 0) is 0 Å². The summed E-state index contributed by atoms with van der Waals surface area (Å²) in [6.45, 7) is 0. The largest absolute Gasteiger partial charge is 0.417 e. The molecule has 0 amide bonds. The molecule has 0 atom stereocenters. The Bertz CT molecular complexity index is 1110. The predicted octanol–water partition coefficient (Wildman–Crippen LogP) is 7.27. The highest BCUT2D eigenvalue weighted by Crippen LogP contribution is 2.38. The summed E-state index contributed by atoms with van der Waals surface area (Å²) in [5, 5.41) is -0.152. The molecule has 2 aromatic carbocycles. The van der Waals surface area contributed by atoms with E-state index < -0.39 is 39.0 Å². The van der Waals surface area contributed by atoms with Gasteiger partial charge in [-0.05, 0) is 47.4 Å². The Morgan fingerprint density at radius 1 is 1.07 bits per heavy atom. The van der Waals surface area contributed by atoms with Gasteiger partial charge in [0, 0.05) is 27.8 Å². The number of alkyl halides is 3. The molecule has 0 fully saturated rings. The van der Waals surface area contributed by atoms with Gasteiger partial charge < -0.3 is 0 Å². The molecule has 1 aromatic heterocycles. The topological polar surface area (TPSA) is 30.0 Å². The van der Waals surface area contributed by atoms with E-state index in [9.17, 15) is 22.4 Å². The van der Waals surface area contributed by atoms with Crippen LogP contribution in [0.1, 0.15) is 15.9 Å². The second kappa shape index (κ2) is 7.81. The molecule has 0 bridgehead atoms. The molecule has 0 unspecified atom stereocenters. The zero-order valence-corrected chi connectivity index (χ0v) is 16.7. The van der Waals surface area contributed by atoms with Gasteiger partial charge in [0.2, 0.25) is 0 Å². The fourth-order valence-electron chi connectivity index (χ4n) is 2.62. The first-order chi connectivity index (χ1) is 13.1. The SMILES string of the molecule is O=C(C=C(c1cc(Cl)c(F)c(Cl)c1)C(F)(F)F)c1ccc(Br)c2cnccc12. The molecule has 3 aromatic rings. The van der Waals surface area contributed by atoms with E-state index in [1.165, 1.54) is 24.5 Å². The standard InChI is InChI=1S/C19H8BrCl2F4NO/c20-14-2-1-11(10-3-4-27-8-12(10)14)17(28)7-13(19(24,25)26)9-5-15(21)18(23)16(22)6-9/h1-8H. The van der Waals surface area contributed by atoms with Crippen LogP contribution in [0.5, 0.6) is 0 Å². The van der Waals surface area contributed by atoms with Gasteiger partial charge in [0.25, 0.3) is 0 Å². The lowest BCUT2D eigenvalue weighted by atomic mass is 9.98. The van der Waals surface area contributed by atoms with Gasteiger partial charge in [0.1, 0.15) is 0 Å². The maximum absolute atomic E-state index is 13.6. The lowest BCUT2D eigenvalue weighted by molar-refractivity contribution is -0.0689. The molecule has 144 valence electrons. The Labute approximate surface area is 174 Å². The van der Waals surface area contributed by atoms with Gasteiger partial charge >= 0.3 is 6.18 Å². The van der Waals surface area contributed by atoms with E-state index >= 15 is 0 Å². The number of carbonyl (C=O) groups excluding carboxylic acids is 1. The van der Waals surface area contributed by atoms with Crippen LogP contribution in [0.3, 0.4) is 0 Å². The Balaban J connectivity index is 2.18. The molecule has 3 rings (SSSR count). The number of pyridine rings is 1. The Kier molecular flexibility index (Phi) is 5.79. The summed E-state index contributed by atoms with van der Waals surface area (Å²) in [5.41, 5.74) is -1.74. The van der Waals surface area contributed by atoms with Crippen LogP contribution in [0.2, 0.25) is 10.0 Å². The van der Waals surface area contributed by atoms with Crippen molar-refractivity contribution < 1.29 is 22.4 Å². The highest BCUT2D eigenvalue weighted by molar-refractivity contribution is 9.10. The van der Waals surface area contributed by atoms with Crippen LogP contribution in [0.15, 0.2) is 53.3 Å². The molecule has 2 nitrogen and oxygen atoms in total. The van der Waals surface area contributed by atoms with Crippen LogP contribution in [0.25, 0.3) is 16.3 Å². The third kappa shape index (κ3) is 4.06. The number of hydrogen-bond acceptors (Lipinski definition) is 2. The molecule has 1 heterocycles. The number of ketones is 1. The fraction of sp³-hybridized carbons (Fsp3) is 0.0526. The van der Waals surface area contributed by atoms with Crippen molar-refractivity contribution in [3.63, 3.8) is 0 Å². The Hall–Kier alpha value is -1.96. The minimum absolute atomic E-state index is 0.0571. The van der Waals surface area contributed by atoms with E-state index in [1.807, 2.05) is 0 Å². The van der Waals surface area contributed by atoms with Gasteiger partial charge in [-0.25, -0.2) is 4.39 Å². The lowest BCUT2D eigenvalue weighted by Gasteiger charge is -2.14. The van der Waals surface area contributed by atoms with Gasteiger partial charge in [0.15, 0.2) is 11.6 Å². The Morgan fingerprint density at radius 3 is 2.32 bits per heavy atom. The second-order valence-electron chi connectivity index (χ2n) is 5.69. The van der Waals surface area contributed by atoms with Crippen LogP contribution in [-0.4, -0.2) is 16.9 Å². The van der Waals surface area contributed by atoms with Crippen molar-refractivity contribution in [1.82, 2.24) is 4.98 Å². The third-order valence-electron chi connectivity index (χ3n) is 3.91. The first-order valence-corrected chi connectivity index (χ1v) is 9.15. The number of fused-ring (bicyclic) bond motifs is 1. The van der Waals surface area contributed by atoms with E-state index in [0.29, 0.717) is 21.3 Å². The highest BCUT2D eigenvalue weighted by Gasteiger charge is 2.36. The van der Waals surface area contributed by atoms with Gasteiger partial charge in [-0.15, -0.1) is 0 Å². The number of nitrogens with zero attached hydrogens (tertiary/aromatic N) is 1. The van der Waals surface area contributed by atoms with Gasteiger partial charge in [-0.1, -0.05) is 39.1 Å². The fourth-order valence-corrected chi connectivity index (χ4v) is 3.55. The molecule has 9 heteroatoms. The van der Waals surface area contributed by atoms with Gasteiger partial charge in [-0.3, -0.25) is 9.78 Å². The van der Waals surface area contributed by atoms with E-state index in [0.717, 1.165) is 12.1 Å². The molecular weight excluding hydrogens is 485 g/mol. The van der Waals surface area contributed by atoms with Crippen molar-refractivity contribution in [2.24, 2.45) is 0 Å². The second-order valence-corrected chi connectivity index (χ2v) is 7.36. The summed E-state index contributed by atoms with van der Waals surface area (Å²) < 4.78 is 55.0. The first kappa shape index (κ1) is 20.8. The van der Waals surface area contributed by atoms with E-state index in [4.69, 9.17) is 23.2 Å². The summed E-state index contributed by atoms with van der Waals surface area (Å²) in [5.74, 6) is -1.92. The lowest BCUT2D eigenvalue weighted by Crippen LogP contribution is -2.13. The normalized spacial score (nSPS) is 12.5. The number of carbonyl (C=O) groups is 1. The van der Waals surface area contributed by atoms with Crippen LogP contribution in [0.4, 0.5) is 17.6 Å². The monoisotopic (exact) mass is 491 g/mol. The summed E-state index contributed by atoms with van der Waals surface area (Å²) in [4.78, 5) is 16.6. The average Bonchev–Trinajstić information content (AvgIpc) is 2.63. The van der Waals surface area contributed by atoms with Crippen LogP contribution >= 0.6 is 39.1 Å². The molecule has 0 N–H and O–H groups in total. The van der Waals surface area contributed by atoms with Crippen molar-refractivity contribution in [2.75, 3.05) is 0 Å². The quantitative estimate of drug-likeness (QED) is 0.166. The van der Waals surface area contributed by atoms with Gasteiger partial charge in [-0.2, -0.15) is 13.2 Å².